The van der Waals surface area contributed by atoms with Crippen LogP contribution in [0.25, 0.3) is 20.8 Å². The van der Waals surface area contributed by atoms with Crippen LogP contribution in [-0.4, -0.2) is 16.8 Å². The molecule has 0 fully saturated rings. The zero-order valence-electron chi connectivity index (χ0n) is 12.2. The molecule has 0 radical (unpaired) electrons. The Kier molecular flexibility index (Phi) is 3.73. The zero-order chi connectivity index (χ0) is 15.7. The van der Waals surface area contributed by atoms with Crippen LogP contribution in [0.15, 0.2) is 48.5 Å². The van der Waals surface area contributed by atoms with E-state index < -0.39 is 0 Å². The summed E-state index contributed by atoms with van der Waals surface area (Å²) < 4.78 is 1.13. The topological polar surface area (TPSA) is 50.3 Å². The van der Waals surface area contributed by atoms with Crippen molar-refractivity contribution >= 4 is 39.1 Å². The molecule has 0 N–H and O–H groups in total. The Bertz CT molecular complexity index is 805. The molecule has 0 aliphatic carbocycles. The zero-order valence-corrected chi connectivity index (χ0v) is 13.1. The third kappa shape index (κ3) is 2.63. The molecule has 110 valence electrons. The fourth-order valence-electron chi connectivity index (χ4n) is 2.33. The molecule has 0 aliphatic heterocycles. The molecular formula is C17H14N2O2S. The SMILES string of the molecule is CC(=O)N(C(C)=O)c1ccc(-c2nc3ccccc3s2)cc1. The van der Waals surface area contributed by atoms with E-state index in [1.807, 2.05) is 36.4 Å². The molecule has 3 rings (SSSR count). The van der Waals surface area contributed by atoms with Crippen LogP contribution in [0.2, 0.25) is 0 Å². The van der Waals surface area contributed by atoms with Crippen LogP contribution in [-0.2, 0) is 9.59 Å². The molecule has 0 aliphatic rings. The molecule has 1 heterocycles. The van der Waals surface area contributed by atoms with Crippen LogP contribution in [0, 0.1) is 0 Å². The van der Waals surface area contributed by atoms with E-state index in [9.17, 15) is 9.59 Å². The lowest BCUT2D eigenvalue weighted by Crippen LogP contribution is -2.32. The van der Waals surface area contributed by atoms with Gasteiger partial charge in [-0.25, -0.2) is 4.98 Å². The van der Waals surface area contributed by atoms with Crippen LogP contribution < -0.4 is 4.90 Å². The Morgan fingerprint density at radius 3 is 2.18 bits per heavy atom. The van der Waals surface area contributed by atoms with Crippen molar-refractivity contribution in [2.45, 2.75) is 13.8 Å². The molecule has 2 amide bonds. The number of nitrogens with zero attached hydrogens (tertiary/aromatic N) is 2. The molecule has 4 nitrogen and oxygen atoms in total. The van der Waals surface area contributed by atoms with Crippen LogP contribution in [0.5, 0.6) is 0 Å². The first-order valence-corrected chi connectivity index (χ1v) is 7.65. The molecule has 22 heavy (non-hydrogen) atoms. The monoisotopic (exact) mass is 310 g/mol. The van der Waals surface area contributed by atoms with Gasteiger partial charge in [-0.15, -0.1) is 11.3 Å². The number of hydrogen-bond donors (Lipinski definition) is 0. The van der Waals surface area contributed by atoms with E-state index in [0.717, 1.165) is 25.7 Å². The summed E-state index contributed by atoms with van der Waals surface area (Å²) in [5, 5.41) is 0.921. The lowest BCUT2D eigenvalue weighted by molar-refractivity contribution is -0.124. The summed E-state index contributed by atoms with van der Waals surface area (Å²) in [6, 6.07) is 15.3. The highest BCUT2D eigenvalue weighted by Gasteiger charge is 2.16. The summed E-state index contributed by atoms with van der Waals surface area (Å²) in [4.78, 5) is 28.9. The first-order valence-electron chi connectivity index (χ1n) is 6.83. The van der Waals surface area contributed by atoms with E-state index in [1.54, 1.807) is 23.5 Å². The third-order valence-corrected chi connectivity index (χ3v) is 4.38. The number of aromatic nitrogens is 1. The van der Waals surface area contributed by atoms with Crippen molar-refractivity contribution in [2.24, 2.45) is 0 Å². The quantitative estimate of drug-likeness (QED) is 0.722. The standard InChI is InChI=1S/C17H14N2O2S/c1-11(20)19(12(2)21)14-9-7-13(8-10-14)17-18-15-5-3-4-6-16(15)22-17/h3-10H,1-2H3. The van der Waals surface area contributed by atoms with Crippen LogP contribution in [0.4, 0.5) is 5.69 Å². The molecule has 5 heteroatoms. The minimum atomic E-state index is -0.291. The number of amides is 2. The van der Waals surface area contributed by atoms with Gasteiger partial charge in [0.15, 0.2) is 0 Å². The van der Waals surface area contributed by atoms with Gasteiger partial charge in [0, 0.05) is 19.4 Å². The highest BCUT2D eigenvalue weighted by molar-refractivity contribution is 7.21. The first kappa shape index (κ1) is 14.4. The predicted octanol–water partition coefficient (Wildman–Crippen LogP) is 3.86. The number of imide groups is 1. The van der Waals surface area contributed by atoms with E-state index in [1.165, 1.54) is 13.8 Å². The van der Waals surface area contributed by atoms with E-state index in [2.05, 4.69) is 4.98 Å². The highest BCUT2D eigenvalue weighted by atomic mass is 32.1. The fraction of sp³-hybridized carbons (Fsp3) is 0.118. The number of fused-ring (bicyclic) bond motifs is 1. The Labute approximate surface area is 132 Å². The van der Waals surface area contributed by atoms with E-state index in [4.69, 9.17) is 0 Å². The van der Waals surface area contributed by atoms with Crippen molar-refractivity contribution in [3.05, 3.63) is 48.5 Å². The summed E-state index contributed by atoms with van der Waals surface area (Å²) in [5.74, 6) is -0.583. The summed E-state index contributed by atoms with van der Waals surface area (Å²) in [5.41, 5.74) is 2.52. The van der Waals surface area contributed by atoms with Crippen LogP contribution >= 0.6 is 11.3 Å². The maximum Gasteiger partial charge on any atom is 0.230 e. The summed E-state index contributed by atoms with van der Waals surface area (Å²) >= 11 is 1.62. The van der Waals surface area contributed by atoms with Crippen LogP contribution in [0.3, 0.4) is 0 Å². The second-order valence-corrected chi connectivity index (χ2v) is 5.94. The van der Waals surface area contributed by atoms with E-state index in [-0.39, 0.29) is 11.8 Å². The number of benzene rings is 2. The van der Waals surface area contributed by atoms with Gasteiger partial charge in [-0.3, -0.25) is 14.5 Å². The third-order valence-electron chi connectivity index (χ3n) is 3.30. The molecule has 1 aromatic heterocycles. The summed E-state index contributed by atoms with van der Waals surface area (Å²) in [7, 11) is 0. The lowest BCUT2D eigenvalue weighted by Gasteiger charge is -2.17. The smallest absolute Gasteiger partial charge is 0.230 e. The number of thiazole rings is 1. The van der Waals surface area contributed by atoms with Gasteiger partial charge in [-0.1, -0.05) is 12.1 Å². The number of para-hydroxylation sites is 1. The minimum Gasteiger partial charge on any atom is -0.274 e. The van der Waals surface area contributed by atoms with E-state index >= 15 is 0 Å². The molecule has 0 atom stereocenters. The molecule has 0 saturated carbocycles. The molecule has 0 saturated heterocycles. The maximum absolute atomic E-state index is 11.6. The number of rotatable bonds is 2. The van der Waals surface area contributed by atoms with Gasteiger partial charge in [0.25, 0.3) is 0 Å². The van der Waals surface area contributed by atoms with Crippen molar-refractivity contribution < 1.29 is 9.59 Å². The van der Waals surface area contributed by atoms with Gasteiger partial charge in [-0.05, 0) is 36.4 Å². The molecule has 0 unspecified atom stereocenters. The number of anilines is 1. The lowest BCUT2D eigenvalue weighted by atomic mass is 10.2. The molecule has 2 aromatic carbocycles. The average molecular weight is 310 g/mol. The van der Waals surface area contributed by atoms with Crippen molar-refractivity contribution in [1.82, 2.24) is 4.98 Å². The average Bonchev–Trinajstić information content (AvgIpc) is 2.91. The summed E-state index contributed by atoms with van der Waals surface area (Å²) in [6.07, 6.45) is 0. The molecular weight excluding hydrogens is 296 g/mol. The molecule has 0 spiro atoms. The predicted molar refractivity (Wildman–Crippen MR) is 88.9 cm³/mol. The number of carbonyl (C=O) groups excluding carboxylic acids is 2. The Morgan fingerprint density at radius 1 is 0.955 bits per heavy atom. The molecule has 3 aromatic rings. The Morgan fingerprint density at radius 2 is 1.59 bits per heavy atom. The van der Waals surface area contributed by atoms with Crippen LogP contribution in [0.1, 0.15) is 13.8 Å². The van der Waals surface area contributed by atoms with Crippen molar-refractivity contribution in [2.75, 3.05) is 4.90 Å². The second kappa shape index (κ2) is 5.69. The minimum absolute atomic E-state index is 0.291. The Hall–Kier alpha value is -2.53. The molecule has 0 bridgehead atoms. The van der Waals surface area contributed by atoms with Gasteiger partial charge in [0.05, 0.1) is 15.9 Å². The normalized spacial score (nSPS) is 10.6. The van der Waals surface area contributed by atoms with Crippen molar-refractivity contribution in [1.29, 1.82) is 0 Å². The Balaban J connectivity index is 1.97. The first-order chi connectivity index (χ1) is 10.6. The van der Waals surface area contributed by atoms with Gasteiger partial charge >= 0.3 is 0 Å². The second-order valence-electron chi connectivity index (χ2n) is 4.91. The van der Waals surface area contributed by atoms with Gasteiger partial charge in [0.2, 0.25) is 11.8 Å². The van der Waals surface area contributed by atoms with Gasteiger partial charge in [0.1, 0.15) is 5.01 Å². The highest BCUT2D eigenvalue weighted by Crippen LogP contribution is 2.31. The largest absolute Gasteiger partial charge is 0.274 e. The number of carbonyl (C=O) groups is 2. The van der Waals surface area contributed by atoms with E-state index in [0.29, 0.717) is 5.69 Å². The maximum atomic E-state index is 11.6. The van der Waals surface area contributed by atoms with Crippen molar-refractivity contribution in [3.63, 3.8) is 0 Å². The van der Waals surface area contributed by atoms with Gasteiger partial charge < -0.3 is 0 Å². The fourth-order valence-corrected chi connectivity index (χ4v) is 3.31. The summed E-state index contributed by atoms with van der Waals surface area (Å²) in [6.45, 7) is 2.76. The number of hydrogen-bond acceptors (Lipinski definition) is 4. The van der Waals surface area contributed by atoms with Crippen molar-refractivity contribution in [3.8, 4) is 10.6 Å². The van der Waals surface area contributed by atoms with Gasteiger partial charge in [-0.2, -0.15) is 0 Å².